The molecule has 152 valence electrons. The summed E-state index contributed by atoms with van der Waals surface area (Å²) in [6, 6.07) is 12.4. The van der Waals surface area contributed by atoms with Crippen LogP contribution in [0.2, 0.25) is 0 Å². The third kappa shape index (κ3) is 4.56. The Bertz CT molecular complexity index is 1010. The van der Waals surface area contributed by atoms with Crippen LogP contribution in [0.5, 0.6) is 5.75 Å². The third-order valence-electron chi connectivity index (χ3n) is 5.04. The molecule has 0 radical (unpaired) electrons. The minimum Gasteiger partial charge on any atom is -0.497 e. The molecule has 0 amide bonds. The maximum atomic E-state index is 13.6. The van der Waals surface area contributed by atoms with Crippen LogP contribution in [-0.2, 0) is 16.0 Å². The second-order valence-corrected chi connectivity index (χ2v) is 7.32. The monoisotopic (exact) mass is 395 g/mol. The number of carbonyl (C=O) groups is 1. The molecule has 1 aromatic heterocycles. The lowest BCUT2D eigenvalue weighted by Crippen LogP contribution is -2.07. The second kappa shape index (κ2) is 9.03. The van der Waals surface area contributed by atoms with Crippen molar-refractivity contribution in [2.24, 2.45) is 0 Å². The number of hydrogen-bond donors (Lipinski definition) is 0. The Labute approximate surface area is 170 Å². The fourth-order valence-corrected chi connectivity index (χ4v) is 3.68. The normalized spacial score (nSPS) is 11.1. The summed E-state index contributed by atoms with van der Waals surface area (Å²) in [5.41, 5.74) is 4.90. The van der Waals surface area contributed by atoms with Crippen LogP contribution < -0.4 is 4.74 Å². The molecule has 29 heavy (non-hydrogen) atoms. The summed E-state index contributed by atoms with van der Waals surface area (Å²) in [4.78, 5) is 16.5. The van der Waals surface area contributed by atoms with Gasteiger partial charge in [-0.3, -0.25) is 9.78 Å². The third-order valence-corrected chi connectivity index (χ3v) is 5.04. The van der Waals surface area contributed by atoms with E-state index in [0.29, 0.717) is 19.3 Å². The van der Waals surface area contributed by atoms with Crippen molar-refractivity contribution in [1.82, 2.24) is 4.98 Å². The lowest BCUT2D eigenvalue weighted by atomic mass is 9.87. The first-order chi connectivity index (χ1) is 13.9. The Morgan fingerprint density at radius 3 is 2.45 bits per heavy atom. The van der Waals surface area contributed by atoms with E-state index in [4.69, 9.17) is 14.5 Å². The number of esters is 1. The number of benzene rings is 2. The van der Waals surface area contributed by atoms with Crippen molar-refractivity contribution < 1.29 is 18.7 Å². The molecule has 3 rings (SSSR count). The van der Waals surface area contributed by atoms with Gasteiger partial charge in [0.2, 0.25) is 0 Å². The fraction of sp³-hybridized carbons (Fsp3) is 0.333. The lowest BCUT2D eigenvalue weighted by Gasteiger charge is -2.20. The van der Waals surface area contributed by atoms with Gasteiger partial charge in [0.25, 0.3) is 0 Å². The molecule has 0 saturated carbocycles. The molecule has 3 aromatic rings. The first kappa shape index (κ1) is 20.8. The lowest BCUT2D eigenvalue weighted by molar-refractivity contribution is -0.140. The molecule has 2 aromatic carbocycles. The highest BCUT2D eigenvalue weighted by Gasteiger charge is 2.20. The molecule has 1 heterocycles. The van der Waals surface area contributed by atoms with Crippen molar-refractivity contribution in [3.05, 3.63) is 59.5 Å². The van der Waals surface area contributed by atoms with Gasteiger partial charge in [0.05, 0.1) is 19.7 Å². The zero-order valence-electron chi connectivity index (χ0n) is 17.3. The first-order valence-electron chi connectivity index (χ1n) is 9.77. The summed E-state index contributed by atoms with van der Waals surface area (Å²) < 4.78 is 23.7. The van der Waals surface area contributed by atoms with E-state index in [1.165, 1.54) is 19.2 Å². The van der Waals surface area contributed by atoms with Crippen molar-refractivity contribution in [3.63, 3.8) is 0 Å². The number of rotatable bonds is 7. The Hall–Kier alpha value is -2.95. The molecule has 0 unspecified atom stereocenters. The predicted molar refractivity (Wildman–Crippen MR) is 113 cm³/mol. The summed E-state index contributed by atoms with van der Waals surface area (Å²) in [5, 5.41) is 0.998. The van der Waals surface area contributed by atoms with Crippen molar-refractivity contribution in [2.75, 3.05) is 14.2 Å². The number of carbonyl (C=O) groups excluding carboxylic acids is 1. The van der Waals surface area contributed by atoms with Gasteiger partial charge in [-0.25, -0.2) is 4.39 Å². The molecule has 0 aliphatic rings. The molecule has 0 aliphatic carbocycles. The van der Waals surface area contributed by atoms with Crippen molar-refractivity contribution >= 4 is 16.9 Å². The molecule has 0 spiro atoms. The summed E-state index contributed by atoms with van der Waals surface area (Å²) in [6.07, 6.45) is 1.65. The molecule has 0 atom stereocenters. The molecular weight excluding hydrogens is 369 g/mol. The SMILES string of the molecule is COC(=O)CCCc1nc2cc(OC)ccc2c(-c2ccc(F)cc2)c1C(C)C. The molecule has 0 aliphatic heterocycles. The number of ether oxygens (including phenoxy) is 2. The van der Waals surface area contributed by atoms with E-state index in [-0.39, 0.29) is 17.7 Å². The summed E-state index contributed by atoms with van der Waals surface area (Å²) in [5.74, 6) is 0.450. The van der Waals surface area contributed by atoms with Gasteiger partial charge < -0.3 is 9.47 Å². The highest BCUT2D eigenvalue weighted by atomic mass is 19.1. The van der Waals surface area contributed by atoms with Gasteiger partial charge in [-0.1, -0.05) is 26.0 Å². The molecule has 0 fully saturated rings. The van der Waals surface area contributed by atoms with Crippen LogP contribution >= 0.6 is 0 Å². The number of nitrogens with zero attached hydrogens (tertiary/aromatic N) is 1. The maximum Gasteiger partial charge on any atom is 0.305 e. The average Bonchev–Trinajstić information content (AvgIpc) is 2.72. The maximum absolute atomic E-state index is 13.6. The van der Waals surface area contributed by atoms with E-state index < -0.39 is 0 Å². The Kier molecular flexibility index (Phi) is 6.47. The highest BCUT2D eigenvalue weighted by Crippen LogP contribution is 2.38. The van der Waals surface area contributed by atoms with Gasteiger partial charge in [0, 0.05) is 23.6 Å². The van der Waals surface area contributed by atoms with Gasteiger partial charge >= 0.3 is 5.97 Å². The summed E-state index contributed by atoms with van der Waals surface area (Å²) in [7, 11) is 3.02. The van der Waals surface area contributed by atoms with Crippen molar-refractivity contribution in [3.8, 4) is 16.9 Å². The molecule has 4 nitrogen and oxygen atoms in total. The molecular formula is C24H26FNO3. The minimum absolute atomic E-state index is 0.210. The summed E-state index contributed by atoms with van der Waals surface area (Å²) >= 11 is 0. The highest BCUT2D eigenvalue weighted by molar-refractivity contribution is 5.97. The van der Waals surface area contributed by atoms with Crippen LogP contribution in [-0.4, -0.2) is 25.2 Å². The number of fused-ring (bicyclic) bond motifs is 1. The Balaban J connectivity index is 2.21. The van der Waals surface area contributed by atoms with Gasteiger partial charge in [-0.2, -0.15) is 0 Å². The van der Waals surface area contributed by atoms with Crippen LogP contribution in [0.25, 0.3) is 22.0 Å². The largest absolute Gasteiger partial charge is 0.497 e. The average molecular weight is 395 g/mol. The van der Waals surface area contributed by atoms with Gasteiger partial charge in [0.1, 0.15) is 11.6 Å². The number of halogens is 1. The quantitative estimate of drug-likeness (QED) is 0.484. The van der Waals surface area contributed by atoms with E-state index in [9.17, 15) is 9.18 Å². The van der Waals surface area contributed by atoms with Crippen LogP contribution in [0.3, 0.4) is 0 Å². The molecule has 5 heteroatoms. The Morgan fingerprint density at radius 2 is 1.83 bits per heavy atom. The smallest absolute Gasteiger partial charge is 0.305 e. The standard InChI is InChI=1S/C24H26FNO3/c1-15(2)23-20(6-5-7-22(27)29-4)26-21-14-18(28-3)12-13-19(21)24(23)16-8-10-17(25)11-9-16/h8-15H,5-7H2,1-4H3. The van der Waals surface area contributed by atoms with Gasteiger partial charge in [-0.05, 0) is 59.7 Å². The van der Waals surface area contributed by atoms with Crippen LogP contribution in [0.1, 0.15) is 43.9 Å². The minimum atomic E-state index is -0.266. The number of aryl methyl sites for hydroxylation is 1. The van der Waals surface area contributed by atoms with Crippen molar-refractivity contribution in [2.45, 2.75) is 39.0 Å². The van der Waals surface area contributed by atoms with Crippen molar-refractivity contribution in [1.29, 1.82) is 0 Å². The van der Waals surface area contributed by atoms with Gasteiger partial charge in [0.15, 0.2) is 0 Å². The zero-order valence-corrected chi connectivity index (χ0v) is 17.3. The second-order valence-electron chi connectivity index (χ2n) is 7.32. The topological polar surface area (TPSA) is 48.4 Å². The van der Waals surface area contributed by atoms with E-state index in [2.05, 4.69) is 13.8 Å². The predicted octanol–water partition coefficient (Wildman–Crippen LogP) is 5.67. The Morgan fingerprint density at radius 1 is 1.10 bits per heavy atom. The number of aromatic nitrogens is 1. The molecule has 0 bridgehead atoms. The van der Waals surface area contributed by atoms with Crippen LogP contribution in [0.15, 0.2) is 42.5 Å². The number of methoxy groups -OCH3 is 2. The van der Waals surface area contributed by atoms with Gasteiger partial charge in [-0.15, -0.1) is 0 Å². The van der Waals surface area contributed by atoms with E-state index >= 15 is 0 Å². The number of pyridine rings is 1. The van der Waals surface area contributed by atoms with E-state index in [0.717, 1.165) is 39.0 Å². The van der Waals surface area contributed by atoms with Crippen LogP contribution in [0, 0.1) is 5.82 Å². The van der Waals surface area contributed by atoms with E-state index in [1.807, 2.05) is 18.2 Å². The number of hydrogen-bond acceptors (Lipinski definition) is 4. The molecule has 0 N–H and O–H groups in total. The first-order valence-corrected chi connectivity index (χ1v) is 9.77. The zero-order chi connectivity index (χ0) is 21.0. The fourth-order valence-electron chi connectivity index (χ4n) is 3.68. The van der Waals surface area contributed by atoms with Crippen LogP contribution in [0.4, 0.5) is 4.39 Å². The van der Waals surface area contributed by atoms with E-state index in [1.54, 1.807) is 19.2 Å². The summed E-state index contributed by atoms with van der Waals surface area (Å²) in [6.45, 7) is 4.26. The molecule has 0 saturated heterocycles.